The number of morpholine rings is 1. The lowest BCUT2D eigenvalue weighted by Gasteiger charge is -2.35. The second-order valence-corrected chi connectivity index (χ2v) is 6.43. The van der Waals surface area contributed by atoms with Gasteiger partial charge in [0.2, 0.25) is 5.91 Å². The van der Waals surface area contributed by atoms with E-state index in [1.54, 1.807) is 30.2 Å². The maximum atomic E-state index is 12.6. The molecule has 2 aromatic heterocycles. The number of ether oxygens (including phenoxy) is 1. The summed E-state index contributed by atoms with van der Waals surface area (Å²) in [7, 11) is 0. The van der Waals surface area contributed by atoms with Crippen molar-refractivity contribution in [2.75, 3.05) is 13.1 Å². The maximum Gasteiger partial charge on any atom is 0.255 e. The van der Waals surface area contributed by atoms with Crippen LogP contribution in [0.25, 0.3) is 11.5 Å². The first-order valence-corrected chi connectivity index (χ1v) is 8.38. The highest BCUT2D eigenvalue weighted by Crippen LogP contribution is 2.14. The number of pyridine rings is 1. The zero-order valence-electron chi connectivity index (χ0n) is 14.7. The standard InChI is InChI=1S/C18H22N4O3/c1-11-9-22(10-12(2)25-11)16(23)8-14-13(3)20-17(21-18(14)24)15-6-4-5-7-19-15/h4-7,11-12H,8-10H2,1-3H3,(H,20,21,24)/t11-,12-/m1/s1. The van der Waals surface area contributed by atoms with Crippen LogP contribution in [0, 0.1) is 6.92 Å². The zero-order chi connectivity index (χ0) is 18.0. The molecule has 3 rings (SSSR count). The van der Waals surface area contributed by atoms with E-state index >= 15 is 0 Å². The fraction of sp³-hybridized carbons (Fsp3) is 0.444. The average molecular weight is 342 g/mol. The highest BCUT2D eigenvalue weighted by atomic mass is 16.5. The van der Waals surface area contributed by atoms with Crippen LogP contribution in [0.15, 0.2) is 29.2 Å². The smallest absolute Gasteiger partial charge is 0.255 e. The molecule has 0 radical (unpaired) electrons. The van der Waals surface area contributed by atoms with Crippen molar-refractivity contribution in [3.8, 4) is 11.5 Å². The van der Waals surface area contributed by atoms with Crippen LogP contribution in [0.3, 0.4) is 0 Å². The zero-order valence-corrected chi connectivity index (χ0v) is 14.7. The largest absolute Gasteiger partial charge is 0.372 e. The van der Waals surface area contributed by atoms with Crippen molar-refractivity contribution >= 4 is 5.91 Å². The van der Waals surface area contributed by atoms with Crippen molar-refractivity contribution in [3.05, 3.63) is 46.0 Å². The van der Waals surface area contributed by atoms with Crippen molar-refractivity contribution in [2.24, 2.45) is 0 Å². The maximum absolute atomic E-state index is 12.6. The lowest BCUT2D eigenvalue weighted by molar-refractivity contribution is -0.142. The Morgan fingerprint density at radius 3 is 2.64 bits per heavy atom. The molecule has 25 heavy (non-hydrogen) atoms. The molecule has 1 aliphatic heterocycles. The van der Waals surface area contributed by atoms with Gasteiger partial charge in [-0.05, 0) is 32.9 Å². The molecule has 1 aliphatic rings. The predicted octanol–water partition coefficient (Wildman–Crippen LogP) is 1.32. The van der Waals surface area contributed by atoms with Crippen LogP contribution in [0.4, 0.5) is 0 Å². The Balaban J connectivity index is 1.81. The summed E-state index contributed by atoms with van der Waals surface area (Å²) >= 11 is 0. The fourth-order valence-corrected chi connectivity index (χ4v) is 3.09. The molecule has 1 fully saturated rings. The van der Waals surface area contributed by atoms with Crippen LogP contribution in [0.2, 0.25) is 0 Å². The van der Waals surface area contributed by atoms with E-state index in [-0.39, 0.29) is 30.1 Å². The topological polar surface area (TPSA) is 88.2 Å². The number of amides is 1. The van der Waals surface area contributed by atoms with E-state index in [0.717, 1.165) is 0 Å². The number of hydrogen-bond acceptors (Lipinski definition) is 5. The highest BCUT2D eigenvalue weighted by Gasteiger charge is 2.27. The predicted molar refractivity (Wildman–Crippen MR) is 93.1 cm³/mol. The van der Waals surface area contributed by atoms with Gasteiger partial charge in [0.1, 0.15) is 5.69 Å². The van der Waals surface area contributed by atoms with Crippen LogP contribution in [0.5, 0.6) is 0 Å². The Labute approximate surface area is 146 Å². The summed E-state index contributed by atoms with van der Waals surface area (Å²) < 4.78 is 5.65. The van der Waals surface area contributed by atoms with E-state index in [1.807, 2.05) is 19.9 Å². The molecule has 0 bridgehead atoms. The summed E-state index contributed by atoms with van der Waals surface area (Å²) in [4.78, 5) is 38.2. The second kappa shape index (κ2) is 7.14. The number of carbonyl (C=O) groups is 1. The van der Waals surface area contributed by atoms with Crippen molar-refractivity contribution in [1.82, 2.24) is 19.9 Å². The van der Waals surface area contributed by atoms with Gasteiger partial charge in [-0.15, -0.1) is 0 Å². The monoisotopic (exact) mass is 342 g/mol. The Bertz CT molecular complexity index is 809. The molecule has 7 nitrogen and oxygen atoms in total. The number of rotatable bonds is 3. The Morgan fingerprint density at radius 1 is 1.32 bits per heavy atom. The number of hydrogen-bond donors (Lipinski definition) is 1. The molecule has 1 saturated heterocycles. The molecule has 1 amide bonds. The molecule has 0 aromatic carbocycles. The number of aromatic amines is 1. The van der Waals surface area contributed by atoms with Crippen LogP contribution in [0.1, 0.15) is 25.1 Å². The number of carbonyl (C=O) groups excluding carboxylic acids is 1. The minimum atomic E-state index is -0.296. The first-order chi connectivity index (χ1) is 11.9. The average Bonchev–Trinajstić information content (AvgIpc) is 2.57. The number of aryl methyl sites for hydroxylation is 1. The van der Waals surface area contributed by atoms with Gasteiger partial charge >= 0.3 is 0 Å². The van der Waals surface area contributed by atoms with Crippen molar-refractivity contribution in [1.29, 1.82) is 0 Å². The lowest BCUT2D eigenvalue weighted by Crippen LogP contribution is -2.49. The second-order valence-electron chi connectivity index (χ2n) is 6.43. The molecule has 7 heteroatoms. The third kappa shape index (κ3) is 3.93. The van der Waals surface area contributed by atoms with E-state index in [1.165, 1.54) is 0 Å². The molecule has 2 atom stereocenters. The number of H-pyrrole nitrogens is 1. The minimum Gasteiger partial charge on any atom is -0.372 e. The van der Waals surface area contributed by atoms with E-state index in [0.29, 0.717) is 35.9 Å². The van der Waals surface area contributed by atoms with Gasteiger partial charge in [0.15, 0.2) is 5.82 Å². The van der Waals surface area contributed by atoms with Crippen LogP contribution < -0.4 is 5.56 Å². The summed E-state index contributed by atoms with van der Waals surface area (Å²) in [5.74, 6) is 0.330. The number of aromatic nitrogens is 3. The van der Waals surface area contributed by atoms with Crippen LogP contribution in [-0.4, -0.2) is 51.1 Å². The van der Waals surface area contributed by atoms with Gasteiger partial charge in [0.25, 0.3) is 5.56 Å². The van der Waals surface area contributed by atoms with E-state index in [2.05, 4.69) is 15.0 Å². The first kappa shape index (κ1) is 17.3. The van der Waals surface area contributed by atoms with Crippen molar-refractivity contribution < 1.29 is 9.53 Å². The first-order valence-electron chi connectivity index (χ1n) is 8.38. The van der Waals surface area contributed by atoms with Gasteiger partial charge in [-0.2, -0.15) is 0 Å². The van der Waals surface area contributed by atoms with Gasteiger partial charge in [0, 0.05) is 30.5 Å². The van der Waals surface area contributed by atoms with Gasteiger partial charge < -0.3 is 14.6 Å². The normalized spacial score (nSPS) is 20.5. The van der Waals surface area contributed by atoms with E-state index in [4.69, 9.17) is 4.74 Å². The van der Waals surface area contributed by atoms with Gasteiger partial charge in [-0.1, -0.05) is 6.07 Å². The molecule has 0 unspecified atom stereocenters. The Kier molecular flexibility index (Phi) is 4.94. The molecule has 3 heterocycles. The van der Waals surface area contributed by atoms with Gasteiger partial charge in [-0.3, -0.25) is 14.6 Å². The van der Waals surface area contributed by atoms with Crippen molar-refractivity contribution in [2.45, 2.75) is 39.4 Å². The van der Waals surface area contributed by atoms with Crippen LogP contribution in [-0.2, 0) is 16.0 Å². The summed E-state index contributed by atoms with van der Waals surface area (Å²) in [5, 5.41) is 0. The van der Waals surface area contributed by atoms with Gasteiger partial charge in [-0.25, -0.2) is 4.98 Å². The number of nitrogens with one attached hydrogen (secondary N) is 1. The Morgan fingerprint density at radius 2 is 2.04 bits per heavy atom. The van der Waals surface area contributed by atoms with E-state index < -0.39 is 0 Å². The lowest BCUT2D eigenvalue weighted by atomic mass is 10.1. The van der Waals surface area contributed by atoms with E-state index in [9.17, 15) is 9.59 Å². The quantitative estimate of drug-likeness (QED) is 0.909. The molecule has 1 N–H and O–H groups in total. The molecular weight excluding hydrogens is 320 g/mol. The molecule has 0 aliphatic carbocycles. The molecule has 2 aromatic rings. The SMILES string of the molecule is Cc1nc(-c2ccccn2)[nH]c(=O)c1CC(=O)N1C[C@@H](C)O[C@H](C)C1. The van der Waals surface area contributed by atoms with Crippen molar-refractivity contribution in [3.63, 3.8) is 0 Å². The third-order valence-electron chi connectivity index (χ3n) is 4.23. The van der Waals surface area contributed by atoms with Crippen LogP contribution >= 0.6 is 0 Å². The summed E-state index contributed by atoms with van der Waals surface area (Å²) in [5.41, 5.74) is 1.25. The molecule has 0 spiro atoms. The molecular formula is C18H22N4O3. The van der Waals surface area contributed by atoms with Gasteiger partial charge in [0.05, 0.1) is 18.6 Å². The highest BCUT2D eigenvalue weighted by molar-refractivity contribution is 5.79. The summed E-state index contributed by atoms with van der Waals surface area (Å²) in [6.45, 7) is 6.71. The number of nitrogens with zero attached hydrogens (tertiary/aromatic N) is 3. The summed E-state index contributed by atoms with van der Waals surface area (Å²) in [6.07, 6.45) is 1.67. The molecule has 132 valence electrons. The molecule has 0 saturated carbocycles. The minimum absolute atomic E-state index is 0.00302. The fourth-order valence-electron chi connectivity index (χ4n) is 3.09. The summed E-state index contributed by atoms with van der Waals surface area (Å²) in [6, 6.07) is 5.40. The third-order valence-corrected chi connectivity index (χ3v) is 4.23. The Hall–Kier alpha value is -2.54.